The van der Waals surface area contributed by atoms with Gasteiger partial charge in [0.2, 0.25) is 0 Å². The number of Topliss-reactive ketones (excluding diaryl/α,β-unsaturated/α-hetero) is 1. The number of ketones is 1. The van der Waals surface area contributed by atoms with E-state index in [-0.39, 0.29) is 0 Å². The van der Waals surface area contributed by atoms with E-state index in [2.05, 4.69) is 24.3 Å². The molecule has 0 aromatic carbocycles. The standard InChI is InChI=1S/C17H22O/c18-17(9-15-7-11-1-3-13(15)5-11)10-16-8-12-2-4-14(16)6-12/h1-4,11-16H,5-10H2. The highest BCUT2D eigenvalue weighted by atomic mass is 16.1. The zero-order valence-electron chi connectivity index (χ0n) is 10.9. The van der Waals surface area contributed by atoms with Gasteiger partial charge in [0.1, 0.15) is 5.78 Å². The summed E-state index contributed by atoms with van der Waals surface area (Å²) in [6.45, 7) is 0. The van der Waals surface area contributed by atoms with Gasteiger partial charge in [-0.05, 0) is 61.2 Å². The molecule has 2 saturated carbocycles. The first kappa shape index (κ1) is 11.0. The van der Waals surface area contributed by atoms with Crippen molar-refractivity contribution in [2.45, 2.75) is 38.5 Å². The fraction of sp³-hybridized carbons (Fsp3) is 0.706. The summed E-state index contributed by atoms with van der Waals surface area (Å²) in [5.41, 5.74) is 0. The molecule has 0 aromatic heterocycles. The van der Waals surface area contributed by atoms with Crippen molar-refractivity contribution < 1.29 is 4.79 Å². The molecule has 0 N–H and O–H groups in total. The first-order valence-electron chi connectivity index (χ1n) is 7.66. The molecule has 1 heteroatoms. The van der Waals surface area contributed by atoms with Gasteiger partial charge in [-0.15, -0.1) is 0 Å². The van der Waals surface area contributed by atoms with Gasteiger partial charge in [-0.1, -0.05) is 24.3 Å². The second-order valence-electron chi connectivity index (χ2n) is 7.03. The van der Waals surface area contributed by atoms with Crippen molar-refractivity contribution >= 4 is 5.78 Å². The summed E-state index contributed by atoms with van der Waals surface area (Å²) in [6, 6.07) is 0. The van der Waals surface area contributed by atoms with Crippen molar-refractivity contribution in [2.75, 3.05) is 0 Å². The lowest BCUT2D eigenvalue weighted by Gasteiger charge is -2.20. The van der Waals surface area contributed by atoms with Crippen LogP contribution in [0, 0.1) is 35.5 Å². The number of carbonyl (C=O) groups is 1. The molecule has 4 bridgehead atoms. The van der Waals surface area contributed by atoms with Crippen molar-refractivity contribution in [1.29, 1.82) is 0 Å². The fourth-order valence-electron chi connectivity index (χ4n) is 4.93. The van der Waals surface area contributed by atoms with E-state index < -0.39 is 0 Å². The largest absolute Gasteiger partial charge is 0.300 e. The van der Waals surface area contributed by atoms with Gasteiger partial charge < -0.3 is 0 Å². The van der Waals surface area contributed by atoms with Crippen LogP contribution in [0.3, 0.4) is 0 Å². The average molecular weight is 242 g/mol. The van der Waals surface area contributed by atoms with Gasteiger partial charge in [-0.3, -0.25) is 4.79 Å². The van der Waals surface area contributed by atoms with Crippen molar-refractivity contribution in [3.63, 3.8) is 0 Å². The van der Waals surface area contributed by atoms with Crippen molar-refractivity contribution in [3.05, 3.63) is 24.3 Å². The Morgan fingerprint density at radius 1 is 0.778 bits per heavy atom. The van der Waals surface area contributed by atoms with Crippen LogP contribution in [-0.4, -0.2) is 5.78 Å². The Morgan fingerprint density at radius 3 is 1.61 bits per heavy atom. The maximum Gasteiger partial charge on any atom is 0.133 e. The van der Waals surface area contributed by atoms with E-state index in [1.165, 1.54) is 25.7 Å². The van der Waals surface area contributed by atoms with Crippen LogP contribution in [0.2, 0.25) is 0 Å². The Hall–Kier alpha value is -0.850. The monoisotopic (exact) mass is 242 g/mol. The minimum Gasteiger partial charge on any atom is -0.300 e. The molecular weight excluding hydrogens is 220 g/mol. The summed E-state index contributed by atoms with van der Waals surface area (Å²) in [4.78, 5) is 12.3. The lowest BCUT2D eigenvalue weighted by Crippen LogP contribution is -2.17. The molecule has 6 unspecified atom stereocenters. The number of hydrogen-bond donors (Lipinski definition) is 0. The fourth-order valence-corrected chi connectivity index (χ4v) is 4.93. The Balaban J connectivity index is 1.32. The molecule has 96 valence electrons. The van der Waals surface area contributed by atoms with Gasteiger partial charge >= 0.3 is 0 Å². The third kappa shape index (κ3) is 1.79. The van der Waals surface area contributed by atoms with Crippen LogP contribution in [-0.2, 0) is 4.79 Å². The van der Waals surface area contributed by atoms with E-state index in [9.17, 15) is 4.79 Å². The normalized spacial score (nSPS) is 47.3. The summed E-state index contributed by atoms with van der Waals surface area (Å²) in [6.07, 6.45) is 16.4. The SMILES string of the molecule is O=C(CC1CC2C=CC1C2)CC1CC2C=CC1C2. The van der Waals surface area contributed by atoms with E-state index in [4.69, 9.17) is 0 Å². The topological polar surface area (TPSA) is 17.1 Å². The molecule has 0 radical (unpaired) electrons. The van der Waals surface area contributed by atoms with Crippen LogP contribution in [0.25, 0.3) is 0 Å². The third-order valence-electron chi connectivity index (χ3n) is 5.81. The molecule has 6 atom stereocenters. The summed E-state index contributed by atoms with van der Waals surface area (Å²) >= 11 is 0. The van der Waals surface area contributed by atoms with Crippen LogP contribution < -0.4 is 0 Å². The first-order chi connectivity index (χ1) is 8.78. The van der Waals surface area contributed by atoms with Crippen molar-refractivity contribution in [3.8, 4) is 0 Å². The predicted octanol–water partition coefficient (Wildman–Crippen LogP) is 3.76. The summed E-state index contributed by atoms with van der Waals surface area (Å²) < 4.78 is 0. The number of carbonyl (C=O) groups excluding carboxylic acids is 1. The molecule has 0 aliphatic heterocycles. The molecule has 0 heterocycles. The smallest absolute Gasteiger partial charge is 0.133 e. The zero-order chi connectivity index (χ0) is 12.1. The minimum absolute atomic E-state index is 0.548. The van der Waals surface area contributed by atoms with Crippen molar-refractivity contribution in [1.82, 2.24) is 0 Å². The van der Waals surface area contributed by atoms with Gasteiger partial charge in [0.05, 0.1) is 0 Å². The first-order valence-corrected chi connectivity index (χ1v) is 7.66. The molecule has 0 spiro atoms. The highest BCUT2D eigenvalue weighted by Gasteiger charge is 2.39. The maximum atomic E-state index is 12.3. The van der Waals surface area contributed by atoms with Gasteiger partial charge in [-0.2, -0.15) is 0 Å². The summed E-state index contributed by atoms with van der Waals surface area (Å²) in [5, 5.41) is 0. The second-order valence-corrected chi connectivity index (χ2v) is 7.03. The van der Waals surface area contributed by atoms with Gasteiger partial charge in [0.15, 0.2) is 0 Å². The van der Waals surface area contributed by atoms with Crippen LogP contribution in [0.1, 0.15) is 38.5 Å². The summed E-state index contributed by atoms with van der Waals surface area (Å²) in [7, 11) is 0. The van der Waals surface area contributed by atoms with Crippen LogP contribution >= 0.6 is 0 Å². The molecule has 1 nitrogen and oxygen atoms in total. The lowest BCUT2D eigenvalue weighted by molar-refractivity contribution is -0.121. The third-order valence-corrected chi connectivity index (χ3v) is 5.81. The van der Waals surface area contributed by atoms with Gasteiger partial charge in [0, 0.05) is 12.8 Å². The van der Waals surface area contributed by atoms with E-state index in [0.717, 1.165) is 36.5 Å². The molecule has 4 rings (SSSR count). The van der Waals surface area contributed by atoms with E-state index in [1.807, 2.05) is 0 Å². The molecule has 0 aromatic rings. The van der Waals surface area contributed by atoms with Gasteiger partial charge in [-0.25, -0.2) is 0 Å². The molecule has 4 aliphatic carbocycles. The van der Waals surface area contributed by atoms with E-state index in [1.54, 1.807) is 0 Å². The Bertz CT molecular complexity index is 381. The molecule has 0 saturated heterocycles. The minimum atomic E-state index is 0.548. The highest BCUT2D eigenvalue weighted by molar-refractivity contribution is 5.79. The van der Waals surface area contributed by atoms with Crippen molar-refractivity contribution in [2.24, 2.45) is 35.5 Å². The summed E-state index contributed by atoms with van der Waals surface area (Å²) in [5.74, 6) is 4.99. The number of fused-ring (bicyclic) bond motifs is 4. The molecule has 2 fully saturated rings. The molecule has 4 aliphatic rings. The van der Waals surface area contributed by atoms with Crippen LogP contribution in [0.5, 0.6) is 0 Å². The number of rotatable bonds is 4. The maximum absolute atomic E-state index is 12.3. The highest BCUT2D eigenvalue weighted by Crippen LogP contribution is 2.47. The molecular formula is C17H22O. The lowest BCUT2D eigenvalue weighted by atomic mass is 9.84. The molecule has 0 amide bonds. The zero-order valence-corrected chi connectivity index (χ0v) is 10.9. The Kier molecular flexibility index (Phi) is 2.50. The predicted molar refractivity (Wildman–Crippen MR) is 71.9 cm³/mol. The molecule has 18 heavy (non-hydrogen) atoms. The van der Waals surface area contributed by atoms with E-state index in [0.29, 0.717) is 17.6 Å². The second kappa shape index (κ2) is 4.08. The average Bonchev–Trinajstić information content (AvgIpc) is 3.08. The number of allylic oxidation sites excluding steroid dienone is 4. The van der Waals surface area contributed by atoms with Crippen LogP contribution in [0.15, 0.2) is 24.3 Å². The van der Waals surface area contributed by atoms with Gasteiger partial charge in [0.25, 0.3) is 0 Å². The van der Waals surface area contributed by atoms with Crippen LogP contribution in [0.4, 0.5) is 0 Å². The number of hydrogen-bond acceptors (Lipinski definition) is 1. The quantitative estimate of drug-likeness (QED) is 0.686. The Morgan fingerprint density at radius 2 is 1.28 bits per heavy atom. The Labute approximate surface area is 109 Å². The van der Waals surface area contributed by atoms with E-state index >= 15 is 0 Å².